The highest BCUT2D eigenvalue weighted by Crippen LogP contribution is 2.37. The minimum Gasteiger partial charge on any atom is -0.497 e. The average Bonchev–Trinajstić information content (AvgIpc) is 3.08. The Morgan fingerprint density at radius 2 is 1.65 bits per heavy atom. The van der Waals surface area contributed by atoms with Gasteiger partial charge in [-0.2, -0.15) is 0 Å². The molecule has 3 N–H and O–H groups in total. The first kappa shape index (κ1) is 33.6. The van der Waals surface area contributed by atoms with Gasteiger partial charge in [-0.3, -0.25) is 19.4 Å². The molecule has 254 valence electrons. The van der Waals surface area contributed by atoms with Gasteiger partial charge in [0.15, 0.2) is 5.75 Å². The fraction of sp³-hybridized carbons (Fsp3) is 0.200. The molecule has 0 unspecified atom stereocenters. The van der Waals surface area contributed by atoms with E-state index in [9.17, 15) is 26.4 Å². The zero-order valence-corrected chi connectivity index (χ0v) is 27.1. The van der Waals surface area contributed by atoms with Crippen LogP contribution in [0.3, 0.4) is 0 Å². The van der Waals surface area contributed by atoms with E-state index in [2.05, 4.69) is 19.3 Å². The zero-order chi connectivity index (χ0) is 34.8. The Bertz CT molecular complexity index is 2100. The van der Waals surface area contributed by atoms with Crippen LogP contribution in [-0.4, -0.2) is 68.8 Å². The van der Waals surface area contributed by atoms with Gasteiger partial charge in [0.25, 0.3) is 15.9 Å². The van der Waals surface area contributed by atoms with Crippen molar-refractivity contribution >= 4 is 38.2 Å². The van der Waals surface area contributed by atoms with Crippen LogP contribution in [0.2, 0.25) is 0 Å². The molecule has 1 aromatic heterocycles. The summed E-state index contributed by atoms with van der Waals surface area (Å²) >= 11 is 0. The van der Waals surface area contributed by atoms with Gasteiger partial charge in [0, 0.05) is 66.7 Å². The molecular formula is C35H32F3N5O5S. The van der Waals surface area contributed by atoms with Gasteiger partial charge in [0.05, 0.1) is 23.2 Å². The number of hydrogen-bond acceptors (Lipinski definition) is 8. The number of nitrogen functional groups attached to an aromatic ring is 1. The molecule has 2 heterocycles. The van der Waals surface area contributed by atoms with Crippen molar-refractivity contribution in [2.24, 2.45) is 0 Å². The van der Waals surface area contributed by atoms with Crippen molar-refractivity contribution in [2.75, 3.05) is 43.7 Å². The summed E-state index contributed by atoms with van der Waals surface area (Å²) in [7, 11) is -2.94. The number of halogens is 3. The maximum absolute atomic E-state index is 13.8. The minimum atomic E-state index is -5.17. The van der Waals surface area contributed by atoms with Crippen molar-refractivity contribution < 1.29 is 35.9 Å². The quantitative estimate of drug-likeness (QED) is 0.176. The number of benzene rings is 4. The number of piperazine rings is 1. The van der Waals surface area contributed by atoms with E-state index in [4.69, 9.17) is 10.5 Å². The Morgan fingerprint density at radius 3 is 2.37 bits per heavy atom. The molecule has 0 atom stereocenters. The highest BCUT2D eigenvalue weighted by Gasteiger charge is 2.34. The predicted molar refractivity (Wildman–Crippen MR) is 180 cm³/mol. The number of alkyl halides is 3. The lowest BCUT2D eigenvalue weighted by Gasteiger charge is -2.35. The fourth-order valence-corrected chi connectivity index (χ4v) is 7.02. The van der Waals surface area contributed by atoms with Crippen LogP contribution in [0.4, 0.5) is 24.5 Å². The fourth-order valence-electron chi connectivity index (χ4n) is 5.74. The number of carbonyl (C=O) groups excluding carboxylic acids is 1. The lowest BCUT2D eigenvalue weighted by molar-refractivity contribution is -0.274. The van der Waals surface area contributed by atoms with Gasteiger partial charge in [-0.15, -0.1) is 13.2 Å². The number of anilines is 2. The summed E-state index contributed by atoms with van der Waals surface area (Å²) in [5, 5.41) is 0.749. The van der Waals surface area contributed by atoms with Crippen LogP contribution in [0.15, 0.2) is 102 Å². The van der Waals surface area contributed by atoms with Gasteiger partial charge in [0.1, 0.15) is 5.75 Å². The summed E-state index contributed by atoms with van der Waals surface area (Å²) in [5.41, 5.74) is 7.97. The van der Waals surface area contributed by atoms with Crippen molar-refractivity contribution in [1.82, 2.24) is 14.8 Å². The van der Waals surface area contributed by atoms with Crippen LogP contribution in [0.5, 0.6) is 11.5 Å². The summed E-state index contributed by atoms with van der Waals surface area (Å²) in [5.74, 6) is -0.626. The summed E-state index contributed by atoms with van der Waals surface area (Å²) in [6.07, 6.45) is -3.60. The molecule has 1 fully saturated rings. The van der Waals surface area contributed by atoms with E-state index < -0.39 is 33.7 Å². The molecule has 0 saturated carbocycles. The maximum atomic E-state index is 13.8. The Morgan fingerprint density at radius 1 is 0.918 bits per heavy atom. The van der Waals surface area contributed by atoms with Crippen molar-refractivity contribution in [3.63, 3.8) is 0 Å². The first-order valence-electron chi connectivity index (χ1n) is 15.2. The van der Waals surface area contributed by atoms with Crippen LogP contribution in [0, 0.1) is 0 Å². The number of aromatic nitrogens is 1. The smallest absolute Gasteiger partial charge is 0.497 e. The standard InChI is InChI=1S/C35H32F3N5O5S/c1-47-27-11-7-23(8-12-27)22-42-16-18-43(19-17-42)34(44)25-9-13-30(31(20-25)48-35(36,37)38)41-49(45,46)32-14-10-26(39)21-29(32)28-6-2-4-24-5-3-15-40-33(24)28/h2-15,20-21,41H,16-19,22,39H2,1H3. The third-order valence-electron chi connectivity index (χ3n) is 8.14. The van der Waals surface area contributed by atoms with Crippen LogP contribution in [-0.2, 0) is 16.6 Å². The van der Waals surface area contributed by atoms with Gasteiger partial charge >= 0.3 is 6.36 Å². The third kappa shape index (κ3) is 7.71. The molecular weight excluding hydrogens is 659 g/mol. The number of amides is 1. The normalized spacial score (nSPS) is 14.1. The first-order valence-corrected chi connectivity index (χ1v) is 16.7. The van der Waals surface area contributed by atoms with Gasteiger partial charge in [-0.1, -0.05) is 36.4 Å². The van der Waals surface area contributed by atoms with Crippen molar-refractivity contribution in [3.8, 4) is 22.6 Å². The van der Waals surface area contributed by atoms with Crippen LogP contribution >= 0.6 is 0 Å². The van der Waals surface area contributed by atoms with Crippen molar-refractivity contribution in [3.05, 3.63) is 108 Å². The molecule has 0 bridgehead atoms. The van der Waals surface area contributed by atoms with Gasteiger partial charge in [-0.25, -0.2) is 8.42 Å². The van der Waals surface area contributed by atoms with Gasteiger partial charge in [-0.05, 0) is 60.2 Å². The SMILES string of the molecule is COc1ccc(CN2CCN(C(=O)c3ccc(NS(=O)(=O)c4ccc(N)cc4-c4cccc5cccnc45)c(OC(F)(F)F)c3)CC2)cc1. The number of nitrogens with two attached hydrogens (primary N) is 1. The second kappa shape index (κ2) is 13.6. The lowest BCUT2D eigenvalue weighted by Crippen LogP contribution is -2.48. The van der Waals surface area contributed by atoms with E-state index in [0.717, 1.165) is 28.8 Å². The highest BCUT2D eigenvalue weighted by atomic mass is 32.2. The number of ether oxygens (including phenoxy) is 2. The molecule has 5 aromatic rings. The second-order valence-corrected chi connectivity index (χ2v) is 13.1. The molecule has 0 radical (unpaired) electrons. The van der Waals surface area contributed by atoms with E-state index in [1.165, 1.54) is 24.3 Å². The number of sulfonamides is 1. The molecule has 1 amide bonds. The van der Waals surface area contributed by atoms with Crippen LogP contribution in [0.1, 0.15) is 15.9 Å². The maximum Gasteiger partial charge on any atom is 0.573 e. The van der Waals surface area contributed by atoms with E-state index in [1.54, 1.807) is 36.4 Å². The molecule has 1 saturated heterocycles. The topological polar surface area (TPSA) is 127 Å². The number of carbonyl (C=O) groups is 1. The van der Waals surface area contributed by atoms with Gasteiger partial charge < -0.3 is 20.1 Å². The molecule has 1 aliphatic rings. The van der Waals surface area contributed by atoms with Gasteiger partial charge in [0.2, 0.25) is 0 Å². The number of methoxy groups -OCH3 is 1. The Hall–Kier alpha value is -5.34. The third-order valence-corrected chi connectivity index (χ3v) is 9.56. The molecule has 49 heavy (non-hydrogen) atoms. The second-order valence-electron chi connectivity index (χ2n) is 11.4. The van der Waals surface area contributed by atoms with Crippen molar-refractivity contribution in [2.45, 2.75) is 17.8 Å². The summed E-state index contributed by atoms with van der Waals surface area (Å²) in [6.45, 7) is 2.47. The predicted octanol–water partition coefficient (Wildman–Crippen LogP) is 6.15. The molecule has 0 aliphatic carbocycles. The van der Waals surface area contributed by atoms with Crippen LogP contribution < -0.4 is 19.9 Å². The molecule has 1 aliphatic heterocycles. The summed E-state index contributed by atoms with van der Waals surface area (Å²) < 4.78 is 80.1. The molecule has 4 aromatic carbocycles. The van der Waals surface area contributed by atoms with E-state index in [1.807, 2.05) is 36.4 Å². The largest absolute Gasteiger partial charge is 0.573 e. The zero-order valence-electron chi connectivity index (χ0n) is 26.3. The molecule has 0 spiro atoms. The summed E-state index contributed by atoms with van der Waals surface area (Å²) in [6, 6.07) is 23.8. The monoisotopic (exact) mass is 691 g/mol. The number of nitrogens with one attached hydrogen (secondary N) is 1. The average molecular weight is 692 g/mol. The number of pyridine rings is 1. The Labute approximate surface area is 280 Å². The number of hydrogen-bond donors (Lipinski definition) is 2. The number of para-hydroxylation sites is 1. The molecule has 14 heteroatoms. The minimum absolute atomic E-state index is 0.0826. The van der Waals surface area contributed by atoms with E-state index in [-0.39, 0.29) is 21.7 Å². The molecule has 6 rings (SSSR count). The number of fused-ring (bicyclic) bond motifs is 1. The highest BCUT2D eigenvalue weighted by molar-refractivity contribution is 7.92. The van der Waals surface area contributed by atoms with Crippen LogP contribution in [0.25, 0.3) is 22.0 Å². The Balaban J connectivity index is 1.24. The lowest BCUT2D eigenvalue weighted by atomic mass is 10.0. The van der Waals surface area contributed by atoms with E-state index >= 15 is 0 Å². The summed E-state index contributed by atoms with van der Waals surface area (Å²) in [4.78, 5) is 21.3. The van der Waals surface area contributed by atoms with Crippen molar-refractivity contribution in [1.29, 1.82) is 0 Å². The first-order chi connectivity index (χ1) is 23.4. The molecule has 10 nitrogen and oxygen atoms in total. The number of rotatable bonds is 9. The van der Waals surface area contributed by atoms with E-state index in [0.29, 0.717) is 43.8 Å². The Kier molecular flexibility index (Phi) is 9.35. The number of nitrogens with zero attached hydrogens (tertiary/aromatic N) is 3.